The molecule has 0 saturated heterocycles. The van der Waals surface area contributed by atoms with E-state index in [-0.39, 0.29) is 5.56 Å². The Bertz CT molecular complexity index is 889. The van der Waals surface area contributed by atoms with Crippen LogP contribution in [0, 0.1) is 23.3 Å². The van der Waals surface area contributed by atoms with E-state index in [0.717, 1.165) is 6.07 Å². The van der Waals surface area contributed by atoms with Gasteiger partial charge in [-0.25, -0.2) is 17.6 Å². The van der Waals surface area contributed by atoms with Crippen molar-refractivity contribution in [3.8, 4) is 0 Å². The third-order valence-electron chi connectivity index (χ3n) is 3.17. The lowest BCUT2D eigenvalue weighted by Crippen LogP contribution is -2.13. The Kier molecular flexibility index (Phi) is 3.32. The van der Waals surface area contributed by atoms with Crippen molar-refractivity contribution in [2.24, 2.45) is 0 Å². The van der Waals surface area contributed by atoms with Crippen LogP contribution >= 0.6 is 0 Å². The van der Waals surface area contributed by atoms with Crippen molar-refractivity contribution in [1.82, 2.24) is 4.98 Å². The number of rotatable bonds is 2. The molecule has 0 bridgehead atoms. The van der Waals surface area contributed by atoms with Crippen LogP contribution in [0.2, 0.25) is 0 Å². The van der Waals surface area contributed by atoms with Crippen LogP contribution in [-0.2, 0) is 0 Å². The lowest BCUT2D eigenvalue weighted by Gasteiger charge is -2.06. The number of amides is 1. The summed E-state index contributed by atoms with van der Waals surface area (Å²) in [5, 5.41) is 2.57. The Morgan fingerprint density at radius 3 is 2.55 bits per heavy atom. The Balaban J connectivity index is 1.96. The molecule has 0 saturated carbocycles. The molecule has 7 heteroatoms. The highest BCUT2D eigenvalue weighted by atomic mass is 19.2. The number of hydrogen-bond acceptors (Lipinski definition) is 1. The molecule has 22 heavy (non-hydrogen) atoms. The topological polar surface area (TPSA) is 44.9 Å². The standard InChI is InChI=1S/C15H8F4N2O/c16-7-1-2-8-9(6-20-12(8)5-7)15(22)21-11-4-3-10(17)13(18)14(11)19/h1-6,20H,(H,21,22). The van der Waals surface area contributed by atoms with Gasteiger partial charge in [0.1, 0.15) is 5.82 Å². The molecular formula is C15H8F4N2O. The molecule has 1 aromatic heterocycles. The molecule has 112 valence electrons. The van der Waals surface area contributed by atoms with Crippen molar-refractivity contribution < 1.29 is 22.4 Å². The molecule has 3 nitrogen and oxygen atoms in total. The summed E-state index contributed by atoms with van der Waals surface area (Å²) in [4.78, 5) is 14.8. The number of aromatic nitrogens is 1. The highest BCUT2D eigenvalue weighted by Crippen LogP contribution is 2.23. The number of halogens is 4. The Hall–Kier alpha value is -2.83. The molecule has 3 aromatic rings. The Labute approximate surface area is 121 Å². The number of anilines is 1. The number of fused-ring (bicyclic) bond motifs is 1. The molecule has 0 fully saturated rings. The fourth-order valence-electron chi connectivity index (χ4n) is 2.10. The van der Waals surface area contributed by atoms with E-state index in [1.807, 2.05) is 0 Å². The van der Waals surface area contributed by atoms with Crippen LogP contribution in [0.15, 0.2) is 36.5 Å². The summed E-state index contributed by atoms with van der Waals surface area (Å²) in [7, 11) is 0. The van der Waals surface area contributed by atoms with Crippen LogP contribution in [0.3, 0.4) is 0 Å². The summed E-state index contributed by atoms with van der Waals surface area (Å²) in [5.41, 5.74) is 0.0235. The number of carbonyl (C=O) groups is 1. The maximum atomic E-state index is 13.5. The quantitative estimate of drug-likeness (QED) is 0.546. The first-order valence-corrected chi connectivity index (χ1v) is 6.19. The smallest absolute Gasteiger partial charge is 0.257 e. The van der Waals surface area contributed by atoms with Gasteiger partial charge in [-0.3, -0.25) is 4.79 Å². The van der Waals surface area contributed by atoms with E-state index in [1.165, 1.54) is 24.4 Å². The summed E-state index contributed by atoms with van der Waals surface area (Å²) < 4.78 is 52.6. The van der Waals surface area contributed by atoms with E-state index in [2.05, 4.69) is 10.3 Å². The van der Waals surface area contributed by atoms with E-state index in [9.17, 15) is 22.4 Å². The zero-order valence-electron chi connectivity index (χ0n) is 10.9. The maximum absolute atomic E-state index is 13.5. The van der Waals surface area contributed by atoms with Gasteiger partial charge in [-0.05, 0) is 30.3 Å². The third kappa shape index (κ3) is 2.30. The number of nitrogens with one attached hydrogen (secondary N) is 2. The average Bonchev–Trinajstić information content (AvgIpc) is 2.90. The SMILES string of the molecule is O=C(Nc1ccc(F)c(F)c1F)c1c[nH]c2cc(F)ccc12. The fourth-order valence-corrected chi connectivity index (χ4v) is 2.10. The van der Waals surface area contributed by atoms with Crippen LogP contribution in [0.25, 0.3) is 10.9 Å². The molecule has 0 atom stereocenters. The van der Waals surface area contributed by atoms with Gasteiger partial charge in [-0.2, -0.15) is 0 Å². The molecule has 0 unspecified atom stereocenters. The average molecular weight is 308 g/mol. The van der Waals surface area contributed by atoms with Gasteiger partial charge >= 0.3 is 0 Å². The minimum Gasteiger partial charge on any atom is -0.360 e. The third-order valence-corrected chi connectivity index (χ3v) is 3.17. The molecule has 0 aliphatic heterocycles. The van der Waals surface area contributed by atoms with Gasteiger partial charge < -0.3 is 10.3 Å². The summed E-state index contributed by atoms with van der Waals surface area (Å²) in [6.07, 6.45) is 1.32. The van der Waals surface area contributed by atoms with Gasteiger partial charge in [-0.1, -0.05) is 0 Å². The summed E-state index contributed by atoms with van der Waals surface area (Å²) in [5.74, 6) is -5.72. The predicted molar refractivity (Wildman–Crippen MR) is 72.5 cm³/mol. The molecule has 0 aliphatic rings. The molecule has 0 radical (unpaired) electrons. The van der Waals surface area contributed by atoms with Crippen molar-refractivity contribution in [2.45, 2.75) is 0 Å². The highest BCUT2D eigenvalue weighted by molar-refractivity contribution is 6.12. The zero-order chi connectivity index (χ0) is 15.9. The van der Waals surface area contributed by atoms with E-state index in [4.69, 9.17) is 0 Å². The largest absolute Gasteiger partial charge is 0.360 e. The van der Waals surface area contributed by atoms with Crippen molar-refractivity contribution in [1.29, 1.82) is 0 Å². The molecule has 0 spiro atoms. The van der Waals surface area contributed by atoms with E-state index < -0.39 is 34.9 Å². The van der Waals surface area contributed by atoms with E-state index in [1.54, 1.807) is 0 Å². The molecule has 1 amide bonds. The van der Waals surface area contributed by atoms with E-state index >= 15 is 0 Å². The van der Waals surface area contributed by atoms with Gasteiger partial charge in [0.25, 0.3) is 5.91 Å². The van der Waals surface area contributed by atoms with Gasteiger partial charge in [0, 0.05) is 17.1 Å². The number of aromatic amines is 1. The summed E-state index contributed by atoms with van der Waals surface area (Å²) in [6, 6.07) is 5.38. The van der Waals surface area contributed by atoms with Crippen LogP contribution < -0.4 is 5.32 Å². The molecule has 2 aromatic carbocycles. The first-order valence-electron chi connectivity index (χ1n) is 6.19. The van der Waals surface area contributed by atoms with Crippen LogP contribution in [0.1, 0.15) is 10.4 Å². The molecule has 2 N–H and O–H groups in total. The maximum Gasteiger partial charge on any atom is 0.257 e. The second-order valence-electron chi connectivity index (χ2n) is 4.57. The first kappa shape index (κ1) is 14.1. The van der Waals surface area contributed by atoms with Gasteiger partial charge in [0.15, 0.2) is 17.5 Å². The summed E-state index contributed by atoms with van der Waals surface area (Å²) in [6.45, 7) is 0. The second kappa shape index (κ2) is 5.18. The Morgan fingerprint density at radius 1 is 1.00 bits per heavy atom. The number of H-pyrrole nitrogens is 1. The van der Waals surface area contributed by atoms with Crippen LogP contribution in [0.4, 0.5) is 23.2 Å². The van der Waals surface area contributed by atoms with E-state index in [0.29, 0.717) is 17.0 Å². The van der Waals surface area contributed by atoms with Crippen molar-refractivity contribution in [2.75, 3.05) is 5.32 Å². The first-order chi connectivity index (χ1) is 10.5. The highest BCUT2D eigenvalue weighted by Gasteiger charge is 2.18. The monoisotopic (exact) mass is 308 g/mol. The lowest BCUT2D eigenvalue weighted by atomic mass is 10.1. The number of hydrogen-bond donors (Lipinski definition) is 2. The van der Waals surface area contributed by atoms with Gasteiger partial charge in [0.2, 0.25) is 0 Å². The van der Waals surface area contributed by atoms with Crippen molar-refractivity contribution in [3.63, 3.8) is 0 Å². The fraction of sp³-hybridized carbons (Fsp3) is 0. The normalized spacial score (nSPS) is 10.9. The minimum atomic E-state index is -1.67. The number of carbonyl (C=O) groups excluding carboxylic acids is 1. The van der Waals surface area contributed by atoms with Crippen molar-refractivity contribution >= 4 is 22.5 Å². The van der Waals surface area contributed by atoms with Crippen LogP contribution in [-0.4, -0.2) is 10.9 Å². The lowest BCUT2D eigenvalue weighted by molar-refractivity contribution is 0.102. The molecular weight excluding hydrogens is 300 g/mol. The molecule has 1 heterocycles. The van der Waals surface area contributed by atoms with Crippen molar-refractivity contribution in [3.05, 3.63) is 65.4 Å². The molecule has 0 aliphatic carbocycles. The minimum absolute atomic E-state index is 0.124. The Morgan fingerprint density at radius 2 is 1.77 bits per heavy atom. The van der Waals surface area contributed by atoms with Gasteiger partial charge in [-0.15, -0.1) is 0 Å². The number of benzene rings is 2. The summed E-state index contributed by atoms with van der Waals surface area (Å²) >= 11 is 0. The second-order valence-corrected chi connectivity index (χ2v) is 4.57. The molecule has 3 rings (SSSR count). The van der Waals surface area contributed by atoms with Crippen LogP contribution in [0.5, 0.6) is 0 Å². The van der Waals surface area contributed by atoms with Gasteiger partial charge in [0.05, 0.1) is 11.3 Å². The predicted octanol–water partition coefficient (Wildman–Crippen LogP) is 3.98. The zero-order valence-corrected chi connectivity index (χ0v) is 10.9.